The number of halogens is 1. The van der Waals surface area contributed by atoms with E-state index in [4.69, 9.17) is 16.3 Å². The van der Waals surface area contributed by atoms with Gasteiger partial charge in [0.2, 0.25) is 29.5 Å². The van der Waals surface area contributed by atoms with E-state index < -0.39 is 36.2 Å². The molecule has 16 heteroatoms. The maximum Gasteiger partial charge on any atom is 0.328 e. The summed E-state index contributed by atoms with van der Waals surface area (Å²) in [7, 11) is 1.50. The topological polar surface area (TPSA) is 187 Å². The van der Waals surface area contributed by atoms with Crippen LogP contribution in [0.1, 0.15) is 63.9 Å². The van der Waals surface area contributed by atoms with Crippen molar-refractivity contribution in [1.29, 1.82) is 0 Å². The lowest BCUT2D eigenvalue weighted by atomic mass is 9.99. The molecule has 15 nitrogen and oxygen atoms in total. The van der Waals surface area contributed by atoms with Crippen molar-refractivity contribution in [3.05, 3.63) is 65.2 Å². The molecule has 0 bridgehead atoms. The smallest absolute Gasteiger partial charge is 0.328 e. The molecule has 6 rings (SSSR count). The second-order valence-electron chi connectivity index (χ2n) is 13.8. The number of hydrogen-bond acceptors (Lipinski definition) is 8. The lowest BCUT2D eigenvalue weighted by Crippen LogP contribution is -2.59. The molecule has 4 N–H and O–H groups in total. The van der Waals surface area contributed by atoms with Crippen LogP contribution in [0.4, 0.5) is 10.5 Å². The van der Waals surface area contributed by atoms with Crippen LogP contribution < -0.4 is 21.3 Å². The fourth-order valence-corrected chi connectivity index (χ4v) is 7.07. The highest BCUT2D eigenvalue weighted by Gasteiger charge is 2.43. The van der Waals surface area contributed by atoms with Crippen molar-refractivity contribution in [3.63, 3.8) is 0 Å². The summed E-state index contributed by atoms with van der Waals surface area (Å²) in [6.07, 6.45) is 4.59. The largest absolute Gasteiger partial charge is 0.464 e. The van der Waals surface area contributed by atoms with Crippen LogP contribution in [0.2, 0.25) is 5.02 Å². The third-order valence-corrected chi connectivity index (χ3v) is 9.99. The maximum atomic E-state index is 13.4. The first-order chi connectivity index (χ1) is 26.4. The Labute approximate surface area is 326 Å². The van der Waals surface area contributed by atoms with E-state index in [1.54, 1.807) is 41.0 Å². The van der Waals surface area contributed by atoms with Crippen molar-refractivity contribution >= 4 is 58.8 Å². The molecule has 4 aliphatic heterocycles. The van der Waals surface area contributed by atoms with E-state index in [9.17, 15) is 33.6 Å². The number of esters is 1. The molecular formula is C39H52ClN7O8. The number of aryl methyl sites for hydroxylation is 1. The fraction of sp³-hybridized carbons (Fsp3) is 0.513. The average Bonchev–Trinajstić information content (AvgIpc) is 3.88. The molecular weight excluding hydrogens is 730 g/mol. The summed E-state index contributed by atoms with van der Waals surface area (Å²) in [6, 6.07) is 13.8. The molecule has 4 fully saturated rings. The highest BCUT2D eigenvalue weighted by molar-refractivity contribution is 6.30. The molecule has 4 aliphatic rings. The molecule has 4 atom stereocenters. The van der Waals surface area contributed by atoms with Crippen molar-refractivity contribution in [2.45, 2.75) is 89.4 Å². The molecule has 2 aromatic carbocycles. The highest BCUT2D eigenvalue weighted by Crippen LogP contribution is 2.26. The van der Waals surface area contributed by atoms with Crippen LogP contribution in [0.15, 0.2) is 54.6 Å². The predicted molar refractivity (Wildman–Crippen MR) is 206 cm³/mol. The Balaban J connectivity index is 0.000000241. The van der Waals surface area contributed by atoms with Crippen LogP contribution in [-0.2, 0) is 33.5 Å². The van der Waals surface area contributed by atoms with Gasteiger partial charge in [0.25, 0.3) is 0 Å². The summed E-state index contributed by atoms with van der Waals surface area (Å²) in [5, 5.41) is 10.6. The predicted octanol–water partition coefficient (Wildman–Crippen LogP) is 3.00. The van der Waals surface area contributed by atoms with Gasteiger partial charge in [0.05, 0.1) is 13.0 Å². The number of carbonyl (C=O) groups is 7. The van der Waals surface area contributed by atoms with Crippen molar-refractivity contribution in [3.8, 4) is 0 Å². The van der Waals surface area contributed by atoms with E-state index >= 15 is 0 Å². The Morgan fingerprint density at radius 1 is 0.818 bits per heavy atom. The van der Waals surface area contributed by atoms with E-state index in [2.05, 4.69) is 40.3 Å². The Morgan fingerprint density at radius 2 is 1.47 bits per heavy atom. The number of carbonyl (C=O) groups excluding carboxylic acids is 7. The number of hydrogen-bond donors (Lipinski definition) is 4. The van der Waals surface area contributed by atoms with Gasteiger partial charge in [-0.05, 0) is 77.0 Å². The van der Waals surface area contributed by atoms with Gasteiger partial charge in [-0.15, -0.1) is 0 Å². The van der Waals surface area contributed by atoms with Crippen LogP contribution in [0.5, 0.6) is 0 Å². The number of nitrogens with one attached hydrogen (secondary N) is 4. The molecule has 0 aliphatic carbocycles. The van der Waals surface area contributed by atoms with Gasteiger partial charge in [0, 0.05) is 37.4 Å². The molecule has 0 saturated carbocycles. The third-order valence-electron chi connectivity index (χ3n) is 9.76. The van der Waals surface area contributed by atoms with Crippen LogP contribution in [0, 0.1) is 6.92 Å². The van der Waals surface area contributed by atoms with Gasteiger partial charge in [0.1, 0.15) is 30.8 Å². The monoisotopic (exact) mass is 781 g/mol. The van der Waals surface area contributed by atoms with Crippen LogP contribution in [0.25, 0.3) is 0 Å². The van der Waals surface area contributed by atoms with E-state index in [1.807, 2.05) is 18.2 Å². The van der Waals surface area contributed by atoms with Crippen molar-refractivity contribution in [1.82, 2.24) is 30.7 Å². The van der Waals surface area contributed by atoms with Crippen molar-refractivity contribution in [2.24, 2.45) is 0 Å². The molecule has 4 saturated heterocycles. The molecule has 4 heterocycles. The van der Waals surface area contributed by atoms with E-state index in [0.717, 1.165) is 19.3 Å². The average molecular weight is 782 g/mol. The van der Waals surface area contributed by atoms with E-state index in [-0.39, 0.29) is 49.1 Å². The first-order valence-corrected chi connectivity index (χ1v) is 19.2. The van der Waals surface area contributed by atoms with Crippen molar-refractivity contribution < 1.29 is 38.3 Å². The van der Waals surface area contributed by atoms with E-state index in [0.29, 0.717) is 56.0 Å². The van der Waals surface area contributed by atoms with Gasteiger partial charge in [0.15, 0.2) is 0 Å². The number of likely N-dealkylation sites (N-methyl/N-ethyl adjacent to an activating group) is 1. The Morgan fingerprint density at radius 3 is 2.15 bits per heavy atom. The molecule has 55 heavy (non-hydrogen) atoms. The first kappa shape index (κ1) is 42.6. The molecule has 0 aromatic heterocycles. The van der Waals surface area contributed by atoms with Gasteiger partial charge in [-0.25, -0.2) is 9.59 Å². The van der Waals surface area contributed by atoms with Gasteiger partial charge in [-0.3, -0.25) is 24.0 Å². The van der Waals surface area contributed by atoms with Gasteiger partial charge in [-0.1, -0.05) is 53.6 Å². The molecule has 7 amide bonds. The molecule has 298 valence electrons. The SMILES string of the molecule is CC1NC(=O)C2CCCCN2C(=O)C2CCCN2C(=O)CCOC(=O)C2CCCN2C1=O.CNC(=O)CNC(=O)Nc1cccc(Cl)c1.Cc1ccccc1. The number of nitrogens with zero attached hydrogens (tertiary/aromatic N) is 3. The second-order valence-corrected chi connectivity index (χ2v) is 14.2. The minimum atomic E-state index is -0.813. The third kappa shape index (κ3) is 12.4. The van der Waals surface area contributed by atoms with Crippen LogP contribution in [0.3, 0.4) is 0 Å². The first-order valence-electron chi connectivity index (χ1n) is 18.8. The van der Waals surface area contributed by atoms with Crippen LogP contribution >= 0.6 is 11.6 Å². The lowest BCUT2D eigenvalue weighted by molar-refractivity contribution is -0.156. The summed E-state index contributed by atoms with van der Waals surface area (Å²) in [6.45, 7) is 4.91. The molecule has 0 radical (unpaired) electrons. The summed E-state index contributed by atoms with van der Waals surface area (Å²) in [5.41, 5.74) is 1.89. The number of fused-ring (bicyclic) bond motifs is 3. The minimum absolute atomic E-state index is 0.00347. The number of ether oxygens (including phenoxy) is 1. The minimum Gasteiger partial charge on any atom is -0.464 e. The summed E-state index contributed by atoms with van der Waals surface area (Å²) in [4.78, 5) is 91.7. The van der Waals surface area contributed by atoms with Crippen LogP contribution in [-0.4, -0.2) is 120 Å². The maximum absolute atomic E-state index is 13.4. The number of anilines is 1. The van der Waals surface area contributed by atoms with Gasteiger partial charge < -0.3 is 40.7 Å². The Kier molecular flexibility index (Phi) is 16.3. The molecule has 2 aromatic rings. The summed E-state index contributed by atoms with van der Waals surface area (Å²) in [5.74, 6) is -1.93. The number of rotatable bonds is 3. The quantitative estimate of drug-likeness (QED) is 0.343. The Hall–Kier alpha value is -5.18. The number of piperidine rings is 1. The summed E-state index contributed by atoms with van der Waals surface area (Å²) >= 11 is 5.74. The van der Waals surface area contributed by atoms with Gasteiger partial charge >= 0.3 is 12.0 Å². The number of cyclic esters (lactones) is 1. The zero-order valence-corrected chi connectivity index (χ0v) is 32.4. The Bertz CT molecular complexity index is 1680. The second kappa shape index (κ2) is 21.1. The zero-order valence-electron chi connectivity index (χ0n) is 31.7. The number of urea groups is 1. The lowest BCUT2D eigenvalue weighted by Gasteiger charge is -2.38. The number of benzene rings is 2. The highest BCUT2D eigenvalue weighted by atomic mass is 35.5. The zero-order chi connectivity index (χ0) is 39.9. The summed E-state index contributed by atoms with van der Waals surface area (Å²) < 4.78 is 5.33. The van der Waals surface area contributed by atoms with E-state index in [1.165, 1.54) is 17.5 Å². The fourth-order valence-electron chi connectivity index (χ4n) is 6.88. The standard InChI is InChI=1S/C22H32N4O6.C10H12ClN3O2.C7H8/c1-14-20(29)26-12-5-8-17(26)22(31)32-13-9-18(27)24-11-4-7-16(24)21(30)25-10-3-2-6-15(25)19(28)23-14;1-12-9(15)6-13-10(16)14-8-4-2-3-7(11)5-8;1-7-5-3-2-4-6-7/h14-17H,2-13H2,1H3,(H,23,28);2-5H,6H2,1H3,(H,12,15)(H2,13,14,16);2-6H,1H3. The van der Waals surface area contributed by atoms with Gasteiger partial charge in [-0.2, -0.15) is 0 Å². The molecule has 4 unspecified atom stereocenters. The van der Waals surface area contributed by atoms with Crippen molar-refractivity contribution in [2.75, 3.05) is 45.2 Å². The molecule has 0 spiro atoms. The number of amides is 7. The normalized spacial score (nSPS) is 23.0.